The van der Waals surface area contributed by atoms with Gasteiger partial charge in [0, 0.05) is 0 Å². The van der Waals surface area contributed by atoms with Crippen LogP contribution in [0.2, 0.25) is 5.02 Å². The van der Waals surface area contributed by atoms with Crippen LogP contribution in [-0.2, 0) is 6.42 Å². The Morgan fingerprint density at radius 1 is 1.69 bits per heavy atom. The Morgan fingerprint density at radius 2 is 2.31 bits per heavy atom. The fourth-order valence-corrected chi connectivity index (χ4v) is 1.37. The maximum atomic E-state index is 12.5. The van der Waals surface area contributed by atoms with E-state index in [1.54, 1.807) is 6.07 Å². The van der Waals surface area contributed by atoms with E-state index in [1.165, 1.54) is 0 Å². The second-order valence-corrected chi connectivity index (χ2v) is 3.13. The van der Waals surface area contributed by atoms with Gasteiger partial charge in [-0.1, -0.05) is 11.6 Å². The summed E-state index contributed by atoms with van der Waals surface area (Å²) in [6.07, 6.45) is -3.35. The molecule has 0 aliphatic carbocycles. The van der Waals surface area contributed by atoms with E-state index in [0.29, 0.717) is 0 Å². The topological polar surface area (TPSA) is 79.8 Å². The van der Waals surface area contributed by atoms with Crippen LogP contribution in [0, 0.1) is 21.4 Å². The van der Waals surface area contributed by atoms with Gasteiger partial charge in [-0.15, -0.1) is 0 Å². The molecule has 0 fully saturated rings. The fourth-order valence-electron chi connectivity index (χ4n) is 1.08. The van der Waals surface area contributed by atoms with Gasteiger partial charge < -0.3 is 0 Å². The van der Waals surface area contributed by atoms with E-state index in [0.717, 1.165) is 6.07 Å². The van der Waals surface area contributed by atoms with Crippen molar-refractivity contribution in [1.29, 1.82) is 5.26 Å². The highest BCUT2D eigenvalue weighted by molar-refractivity contribution is 6.32. The molecule has 1 heterocycles. The zero-order chi connectivity index (χ0) is 12.3. The van der Waals surface area contributed by atoms with Gasteiger partial charge in [0.2, 0.25) is 0 Å². The first-order chi connectivity index (χ1) is 7.47. The summed E-state index contributed by atoms with van der Waals surface area (Å²) < 4.78 is 25.0. The van der Waals surface area contributed by atoms with Gasteiger partial charge in [-0.3, -0.25) is 10.1 Å². The van der Waals surface area contributed by atoms with Gasteiger partial charge in [0.15, 0.2) is 5.69 Å². The molecule has 0 N–H and O–H groups in total. The van der Waals surface area contributed by atoms with Gasteiger partial charge in [0.1, 0.15) is 5.02 Å². The van der Waals surface area contributed by atoms with Gasteiger partial charge >= 0.3 is 5.69 Å². The molecule has 84 valence electrons. The first-order valence-electron chi connectivity index (χ1n) is 3.96. The highest BCUT2D eigenvalue weighted by Gasteiger charge is 2.27. The number of hydrogen-bond acceptors (Lipinski definition) is 4. The molecule has 0 saturated heterocycles. The Morgan fingerprint density at radius 3 is 2.75 bits per heavy atom. The Balaban J connectivity index is 3.40. The molecule has 0 aliphatic rings. The van der Waals surface area contributed by atoms with Crippen LogP contribution in [0.25, 0.3) is 0 Å². The highest BCUT2D eigenvalue weighted by atomic mass is 35.5. The van der Waals surface area contributed by atoms with Crippen LogP contribution in [0.5, 0.6) is 0 Å². The quantitative estimate of drug-likeness (QED) is 0.607. The zero-order valence-electron chi connectivity index (χ0n) is 7.65. The lowest BCUT2D eigenvalue weighted by molar-refractivity contribution is -0.386. The number of nitriles is 1. The Kier molecular flexibility index (Phi) is 3.68. The van der Waals surface area contributed by atoms with Gasteiger partial charge in [-0.2, -0.15) is 5.26 Å². The predicted octanol–water partition coefficient (Wildman–Crippen LogP) is 2.65. The van der Waals surface area contributed by atoms with Crippen molar-refractivity contribution in [3.8, 4) is 6.07 Å². The van der Waals surface area contributed by atoms with Crippen LogP contribution < -0.4 is 0 Å². The van der Waals surface area contributed by atoms with Crippen LogP contribution in [0.3, 0.4) is 0 Å². The predicted molar refractivity (Wildman–Crippen MR) is 50.2 cm³/mol. The molecule has 0 unspecified atom stereocenters. The zero-order valence-corrected chi connectivity index (χ0v) is 8.41. The number of alkyl halides is 2. The molecule has 0 saturated carbocycles. The average Bonchev–Trinajstić information content (AvgIpc) is 2.16. The summed E-state index contributed by atoms with van der Waals surface area (Å²) in [5.41, 5.74) is -1.95. The molecule has 0 radical (unpaired) electrons. The van der Waals surface area contributed by atoms with Crippen molar-refractivity contribution in [3.63, 3.8) is 0 Å². The lowest BCUT2D eigenvalue weighted by Crippen LogP contribution is -2.03. The van der Waals surface area contributed by atoms with Crippen LogP contribution >= 0.6 is 11.6 Å². The molecule has 0 spiro atoms. The second kappa shape index (κ2) is 4.81. The monoisotopic (exact) mass is 247 g/mol. The summed E-state index contributed by atoms with van der Waals surface area (Å²) in [6.45, 7) is 0. The summed E-state index contributed by atoms with van der Waals surface area (Å²) in [5, 5.41) is 18.4. The Bertz CT molecular complexity index is 473. The first-order valence-corrected chi connectivity index (χ1v) is 4.34. The van der Waals surface area contributed by atoms with E-state index in [4.69, 9.17) is 16.9 Å². The molecule has 5 nitrogen and oxygen atoms in total. The van der Waals surface area contributed by atoms with Crippen molar-refractivity contribution in [2.45, 2.75) is 12.8 Å². The molecule has 0 bridgehead atoms. The smallest absolute Gasteiger partial charge is 0.258 e. The molecule has 1 aromatic rings. The molecule has 1 aromatic heterocycles. The van der Waals surface area contributed by atoms with Crippen molar-refractivity contribution >= 4 is 17.3 Å². The summed E-state index contributed by atoms with van der Waals surface area (Å²) in [4.78, 5) is 12.8. The van der Waals surface area contributed by atoms with Gasteiger partial charge in [0.25, 0.3) is 6.43 Å². The summed E-state index contributed by atoms with van der Waals surface area (Å²) in [5.74, 6) is 0. The number of nitrogens with zero attached hydrogens (tertiary/aromatic N) is 3. The third-order valence-corrected chi connectivity index (χ3v) is 1.96. The van der Waals surface area contributed by atoms with E-state index in [2.05, 4.69) is 4.98 Å². The van der Waals surface area contributed by atoms with Crippen LogP contribution in [-0.4, -0.2) is 9.91 Å². The van der Waals surface area contributed by atoms with Crippen LogP contribution in [0.15, 0.2) is 6.07 Å². The molecule has 8 heteroatoms. The highest BCUT2D eigenvalue weighted by Crippen LogP contribution is 2.33. The van der Waals surface area contributed by atoms with E-state index >= 15 is 0 Å². The molecule has 0 aliphatic heterocycles. The number of rotatable bonds is 3. The molecule has 1 rings (SSSR count). The third-order valence-electron chi connectivity index (χ3n) is 1.68. The fraction of sp³-hybridized carbons (Fsp3) is 0.250. The number of nitro groups is 1. The second-order valence-electron chi connectivity index (χ2n) is 2.72. The molecule has 0 aromatic carbocycles. The summed E-state index contributed by atoms with van der Waals surface area (Å²) in [6, 6.07) is 2.73. The minimum absolute atomic E-state index is 0.0200. The SMILES string of the molecule is N#CCc1cc(Cl)c([N+](=O)[O-])c(C(F)F)n1. The maximum Gasteiger partial charge on any atom is 0.315 e. The summed E-state index contributed by atoms with van der Waals surface area (Å²) >= 11 is 5.48. The van der Waals surface area contributed by atoms with Gasteiger partial charge in [-0.25, -0.2) is 13.8 Å². The van der Waals surface area contributed by atoms with Crippen molar-refractivity contribution < 1.29 is 13.7 Å². The number of halogens is 3. The van der Waals surface area contributed by atoms with E-state index in [1.807, 2.05) is 0 Å². The largest absolute Gasteiger partial charge is 0.315 e. The standard InChI is InChI=1S/C8H4ClF2N3O2/c9-5-3-4(1-2-12)13-6(8(10)11)7(5)14(15)16/h3,8H,1H2. The van der Waals surface area contributed by atoms with Crippen molar-refractivity contribution in [3.05, 3.63) is 32.6 Å². The maximum absolute atomic E-state index is 12.5. The first kappa shape index (κ1) is 12.3. The van der Waals surface area contributed by atoms with Crippen LogP contribution in [0.1, 0.15) is 17.8 Å². The lowest BCUT2D eigenvalue weighted by Gasteiger charge is -2.04. The van der Waals surface area contributed by atoms with Gasteiger partial charge in [-0.05, 0) is 6.07 Å². The minimum Gasteiger partial charge on any atom is -0.258 e. The average molecular weight is 248 g/mol. The van der Waals surface area contributed by atoms with Gasteiger partial charge in [0.05, 0.1) is 23.1 Å². The van der Waals surface area contributed by atoms with Crippen molar-refractivity contribution in [2.24, 2.45) is 0 Å². The molecular weight excluding hydrogens is 244 g/mol. The summed E-state index contributed by atoms with van der Waals surface area (Å²) in [7, 11) is 0. The Hall–Kier alpha value is -1.81. The Labute approximate surface area is 93.4 Å². The number of pyridine rings is 1. The van der Waals surface area contributed by atoms with Crippen LogP contribution in [0.4, 0.5) is 14.5 Å². The normalized spacial score (nSPS) is 10.2. The van der Waals surface area contributed by atoms with Crippen molar-refractivity contribution in [2.75, 3.05) is 0 Å². The molecular formula is C8H4ClF2N3O2. The molecule has 0 atom stereocenters. The molecule has 16 heavy (non-hydrogen) atoms. The number of aromatic nitrogens is 1. The minimum atomic E-state index is -3.11. The van der Waals surface area contributed by atoms with Crippen molar-refractivity contribution in [1.82, 2.24) is 4.98 Å². The van der Waals surface area contributed by atoms with E-state index in [-0.39, 0.29) is 12.1 Å². The molecule has 0 amide bonds. The third kappa shape index (κ3) is 2.41. The number of hydrogen-bond donors (Lipinski definition) is 0. The van der Waals surface area contributed by atoms with E-state index < -0.39 is 27.8 Å². The lowest BCUT2D eigenvalue weighted by atomic mass is 10.2. The van der Waals surface area contributed by atoms with E-state index in [9.17, 15) is 18.9 Å².